The molecule has 18 heavy (non-hydrogen) atoms. The van der Waals surface area contributed by atoms with Gasteiger partial charge in [-0.3, -0.25) is 0 Å². The molecule has 4 nitrogen and oxygen atoms in total. The predicted molar refractivity (Wildman–Crippen MR) is 74.2 cm³/mol. The molecule has 1 unspecified atom stereocenters. The first-order valence-electron chi connectivity index (χ1n) is 5.92. The number of nitrogens with one attached hydrogen (secondary N) is 1. The molecular weight excluding hydrogens is 250 g/mol. The van der Waals surface area contributed by atoms with Crippen LogP contribution in [-0.4, -0.2) is 40.2 Å². The summed E-state index contributed by atoms with van der Waals surface area (Å²) in [5, 5.41) is 3.84. The second kappa shape index (κ2) is 6.20. The Labute approximate surface area is 112 Å². The molecule has 2 rings (SSSR count). The summed E-state index contributed by atoms with van der Waals surface area (Å²) in [7, 11) is 4.91. The van der Waals surface area contributed by atoms with E-state index in [0.717, 1.165) is 30.3 Å². The van der Waals surface area contributed by atoms with Gasteiger partial charge in [0.2, 0.25) is 5.75 Å². The molecule has 1 aliphatic heterocycles. The third-order valence-electron chi connectivity index (χ3n) is 2.99. The highest BCUT2D eigenvalue weighted by Gasteiger charge is 2.20. The number of thioether (sulfide) groups is 1. The van der Waals surface area contributed by atoms with Crippen LogP contribution < -0.4 is 19.5 Å². The smallest absolute Gasteiger partial charge is 0.203 e. The first-order chi connectivity index (χ1) is 8.80. The Balaban J connectivity index is 2.35. The van der Waals surface area contributed by atoms with E-state index in [1.807, 2.05) is 23.9 Å². The van der Waals surface area contributed by atoms with Crippen molar-refractivity contribution in [1.29, 1.82) is 0 Å². The Morgan fingerprint density at radius 2 is 1.78 bits per heavy atom. The van der Waals surface area contributed by atoms with Crippen molar-refractivity contribution in [3.63, 3.8) is 0 Å². The fraction of sp³-hybridized carbons (Fsp3) is 0.538. The maximum Gasteiger partial charge on any atom is 0.203 e. The van der Waals surface area contributed by atoms with Crippen LogP contribution in [0.3, 0.4) is 0 Å². The van der Waals surface area contributed by atoms with Crippen molar-refractivity contribution in [2.24, 2.45) is 0 Å². The zero-order chi connectivity index (χ0) is 13.0. The third-order valence-corrected chi connectivity index (χ3v) is 4.27. The van der Waals surface area contributed by atoms with Gasteiger partial charge < -0.3 is 19.5 Å². The minimum Gasteiger partial charge on any atom is -0.493 e. The summed E-state index contributed by atoms with van der Waals surface area (Å²) in [5.74, 6) is 3.22. The average Bonchev–Trinajstić information content (AvgIpc) is 2.46. The second-order valence-corrected chi connectivity index (χ2v) is 5.33. The van der Waals surface area contributed by atoms with Crippen LogP contribution in [0.1, 0.15) is 10.8 Å². The van der Waals surface area contributed by atoms with Gasteiger partial charge >= 0.3 is 0 Å². The van der Waals surface area contributed by atoms with Gasteiger partial charge in [-0.05, 0) is 17.7 Å². The van der Waals surface area contributed by atoms with E-state index in [9.17, 15) is 0 Å². The SMILES string of the molecule is COc1cc(C2CNCCS2)cc(OC)c1OC. The molecule has 100 valence electrons. The van der Waals surface area contributed by atoms with Gasteiger partial charge in [0.1, 0.15) is 0 Å². The van der Waals surface area contributed by atoms with E-state index in [-0.39, 0.29) is 0 Å². The number of rotatable bonds is 4. The van der Waals surface area contributed by atoms with Crippen molar-refractivity contribution in [2.45, 2.75) is 5.25 Å². The molecule has 5 heteroatoms. The molecule has 1 aliphatic rings. The Bertz CT molecular complexity index is 380. The van der Waals surface area contributed by atoms with Gasteiger partial charge in [-0.25, -0.2) is 0 Å². The number of hydrogen-bond acceptors (Lipinski definition) is 5. The lowest BCUT2D eigenvalue weighted by molar-refractivity contribution is 0.323. The molecule has 1 N–H and O–H groups in total. The van der Waals surface area contributed by atoms with Crippen LogP contribution in [0.25, 0.3) is 0 Å². The second-order valence-electron chi connectivity index (χ2n) is 4.02. The minimum atomic E-state index is 0.437. The van der Waals surface area contributed by atoms with Crippen LogP contribution >= 0.6 is 11.8 Å². The maximum atomic E-state index is 5.38. The zero-order valence-corrected chi connectivity index (χ0v) is 11.8. The van der Waals surface area contributed by atoms with Gasteiger partial charge in [-0.2, -0.15) is 11.8 Å². The summed E-state index contributed by atoms with van der Waals surface area (Å²) in [6.45, 7) is 2.05. The van der Waals surface area contributed by atoms with E-state index in [2.05, 4.69) is 5.32 Å². The molecule has 1 fully saturated rings. The van der Waals surface area contributed by atoms with Crippen LogP contribution in [0.4, 0.5) is 0 Å². The Morgan fingerprint density at radius 3 is 2.22 bits per heavy atom. The quantitative estimate of drug-likeness (QED) is 0.906. The van der Waals surface area contributed by atoms with Gasteiger partial charge in [0, 0.05) is 24.1 Å². The summed E-state index contributed by atoms with van der Waals surface area (Å²) in [4.78, 5) is 0. The highest BCUT2D eigenvalue weighted by atomic mass is 32.2. The molecule has 0 spiro atoms. The molecule has 1 saturated heterocycles. The molecule has 1 aromatic rings. The Kier molecular flexibility index (Phi) is 4.60. The van der Waals surface area contributed by atoms with Crippen LogP contribution in [0.5, 0.6) is 17.2 Å². The van der Waals surface area contributed by atoms with E-state index in [0.29, 0.717) is 11.0 Å². The average molecular weight is 269 g/mol. The van der Waals surface area contributed by atoms with Gasteiger partial charge in [0.25, 0.3) is 0 Å². The largest absolute Gasteiger partial charge is 0.493 e. The highest BCUT2D eigenvalue weighted by molar-refractivity contribution is 7.99. The first-order valence-corrected chi connectivity index (χ1v) is 6.97. The van der Waals surface area contributed by atoms with Gasteiger partial charge in [0.15, 0.2) is 11.5 Å². The van der Waals surface area contributed by atoms with Crippen molar-refractivity contribution in [2.75, 3.05) is 40.2 Å². The summed E-state index contributed by atoms with van der Waals surface area (Å²) in [6.07, 6.45) is 0. The molecular formula is C13H19NO3S. The van der Waals surface area contributed by atoms with Crippen molar-refractivity contribution in [3.05, 3.63) is 17.7 Å². The molecule has 0 aromatic heterocycles. The first kappa shape index (κ1) is 13.4. The lowest BCUT2D eigenvalue weighted by Crippen LogP contribution is -2.28. The zero-order valence-electron chi connectivity index (χ0n) is 11.0. The molecule has 1 heterocycles. The van der Waals surface area contributed by atoms with Crippen LogP contribution in [0.15, 0.2) is 12.1 Å². The summed E-state index contributed by atoms with van der Waals surface area (Å²) < 4.78 is 16.1. The van der Waals surface area contributed by atoms with E-state index in [1.54, 1.807) is 21.3 Å². The van der Waals surface area contributed by atoms with Crippen LogP contribution in [0.2, 0.25) is 0 Å². The van der Waals surface area contributed by atoms with Crippen molar-refractivity contribution >= 4 is 11.8 Å². The van der Waals surface area contributed by atoms with E-state index < -0.39 is 0 Å². The third kappa shape index (κ3) is 2.67. The summed E-state index contributed by atoms with van der Waals surface area (Å²) in [6, 6.07) is 4.07. The fourth-order valence-corrected chi connectivity index (χ4v) is 3.18. The van der Waals surface area contributed by atoms with Crippen molar-refractivity contribution < 1.29 is 14.2 Å². The lowest BCUT2D eigenvalue weighted by atomic mass is 10.1. The number of methoxy groups -OCH3 is 3. The lowest BCUT2D eigenvalue weighted by Gasteiger charge is -2.24. The standard InChI is InChI=1S/C13H19NO3S/c1-15-10-6-9(12-8-14-4-5-18-12)7-11(16-2)13(10)17-3/h6-7,12,14H,4-5,8H2,1-3H3. The maximum absolute atomic E-state index is 5.38. The van der Waals surface area contributed by atoms with E-state index >= 15 is 0 Å². The van der Waals surface area contributed by atoms with Crippen LogP contribution in [-0.2, 0) is 0 Å². The summed E-state index contributed by atoms with van der Waals surface area (Å²) >= 11 is 1.95. The number of hydrogen-bond donors (Lipinski definition) is 1. The van der Waals surface area contributed by atoms with Gasteiger partial charge in [-0.1, -0.05) is 0 Å². The topological polar surface area (TPSA) is 39.7 Å². The number of benzene rings is 1. The van der Waals surface area contributed by atoms with Crippen molar-refractivity contribution in [3.8, 4) is 17.2 Å². The normalized spacial score (nSPS) is 19.4. The molecule has 0 bridgehead atoms. The molecule has 1 aromatic carbocycles. The van der Waals surface area contributed by atoms with Crippen LogP contribution in [0, 0.1) is 0 Å². The Hall–Kier alpha value is -1.07. The predicted octanol–water partition coefficient (Wildman–Crippen LogP) is 2.09. The molecule has 0 amide bonds. The van der Waals surface area contributed by atoms with E-state index in [1.165, 1.54) is 5.56 Å². The van der Waals surface area contributed by atoms with E-state index in [4.69, 9.17) is 14.2 Å². The minimum absolute atomic E-state index is 0.437. The molecule has 0 aliphatic carbocycles. The molecule has 0 saturated carbocycles. The number of ether oxygens (including phenoxy) is 3. The molecule has 1 atom stereocenters. The monoisotopic (exact) mass is 269 g/mol. The molecule has 0 radical (unpaired) electrons. The van der Waals surface area contributed by atoms with Gasteiger partial charge in [0.05, 0.1) is 21.3 Å². The van der Waals surface area contributed by atoms with Gasteiger partial charge in [-0.15, -0.1) is 0 Å². The highest BCUT2D eigenvalue weighted by Crippen LogP contribution is 2.42. The summed E-state index contributed by atoms with van der Waals surface area (Å²) in [5.41, 5.74) is 1.21. The Morgan fingerprint density at radius 1 is 1.11 bits per heavy atom. The fourth-order valence-electron chi connectivity index (χ4n) is 2.07. The van der Waals surface area contributed by atoms with Crippen molar-refractivity contribution in [1.82, 2.24) is 5.32 Å².